The summed E-state index contributed by atoms with van der Waals surface area (Å²) in [5, 5.41) is 0. The molecule has 1 rings (SSSR count). The van der Waals surface area contributed by atoms with Crippen LogP contribution >= 0.6 is 11.6 Å². The number of alkyl halides is 1. The van der Waals surface area contributed by atoms with E-state index < -0.39 is 0 Å². The molecule has 0 aliphatic heterocycles. The average Bonchev–Trinajstić information content (AvgIpc) is 2.32. The highest BCUT2D eigenvalue weighted by molar-refractivity contribution is 6.18. The zero-order valence-electron chi connectivity index (χ0n) is 9.28. The summed E-state index contributed by atoms with van der Waals surface area (Å²) in [5.41, 5.74) is 3.51. The molecule has 88 valence electrons. The summed E-state index contributed by atoms with van der Waals surface area (Å²) in [6.07, 6.45) is 0.714. The van der Waals surface area contributed by atoms with Gasteiger partial charge in [0.1, 0.15) is 0 Å². The van der Waals surface area contributed by atoms with Crippen LogP contribution in [-0.4, -0.2) is 18.4 Å². The van der Waals surface area contributed by atoms with E-state index in [0.29, 0.717) is 18.8 Å². The van der Waals surface area contributed by atoms with Gasteiger partial charge in [0, 0.05) is 12.4 Å². The first-order valence-electron chi connectivity index (χ1n) is 5.34. The van der Waals surface area contributed by atoms with Gasteiger partial charge in [0.05, 0.1) is 5.92 Å². The van der Waals surface area contributed by atoms with Crippen molar-refractivity contribution >= 4 is 17.6 Å². The van der Waals surface area contributed by atoms with E-state index in [2.05, 4.69) is 5.48 Å². The van der Waals surface area contributed by atoms with Crippen LogP contribution < -0.4 is 5.48 Å². The number of rotatable bonds is 6. The van der Waals surface area contributed by atoms with Crippen molar-refractivity contribution in [1.29, 1.82) is 0 Å². The monoisotopic (exact) mass is 241 g/mol. The first-order valence-corrected chi connectivity index (χ1v) is 5.87. The zero-order chi connectivity index (χ0) is 11.8. The molecule has 0 radical (unpaired) electrons. The van der Waals surface area contributed by atoms with Gasteiger partial charge in [0.2, 0.25) is 0 Å². The normalized spacial score (nSPS) is 12.1. The molecule has 0 spiro atoms. The molecule has 0 heterocycles. The van der Waals surface area contributed by atoms with Crippen LogP contribution in [0.15, 0.2) is 30.3 Å². The summed E-state index contributed by atoms with van der Waals surface area (Å²) in [6.45, 7) is 2.42. The van der Waals surface area contributed by atoms with Gasteiger partial charge in [-0.05, 0) is 12.0 Å². The smallest absolute Gasteiger partial charge is 0.332 e. The maximum Gasteiger partial charge on any atom is 0.332 e. The number of nitrogens with one attached hydrogen (secondary N) is 1. The van der Waals surface area contributed by atoms with Crippen LogP contribution in [0, 0.1) is 0 Å². The SMILES string of the molecule is CCC(C(=O)ONCCCl)c1ccccc1. The molecule has 0 aliphatic carbocycles. The molecule has 0 bridgehead atoms. The zero-order valence-corrected chi connectivity index (χ0v) is 10.0. The van der Waals surface area contributed by atoms with E-state index in [0.717, 1.165) is 5.56 Å². The summed E-state index contributed by atoms with van der Waals surface area (Å²) in [4.78, 5) is 16.6. The number of halogens is 1. The van der Waals surface area contributed by atoms with Crippen molar-refractivity contribution in [3.8, 4) is 0 Å². The molecule has 4 heteroatoms. The predicted molar refractivity (Wildman–Crippen MR) is 64.3 cm³/mol. The highest BCUT2D eigenvalue weighted by Gasteiger charge is 2.19. The highest BCUT2D eigenvalue weighted by Crippen LogP contribution is 2.20. The Morgan fingerprint density at radius 1 is 1.44 bits per heavy atom. The van der Waals surface area contributed by atoms with Gasteiger partial charge >= 0.3 is 5.97 Å². The van der Waals surface area contributed by atoms with Gasteiger partial charge in [-0.25, -0.2) is 4.79 Å². The molecule has 16 heavy (non-hydrogen) atoms. The molecule has 1 atom stereocenters. The Balaban J connectivity index is 2.57. The highest BCUT2D eigenvalue weighted by atomic mass is 35.5. The van der Waals surface area contributed by atoms with Crippen LogP contribution in [0.25, 0.3) is 0 Å². The lowest BCUT2D eigenvalue weighted by molar-refractivity contribution is -0.152. The number of hydrogen-bond donors (Lipinski definition) is 1. The molecule has 0 saturated carbocycles. The Bertz CT molecular complexity index is 316. The minimum absolute atomic E-state index is 0.218. The fourth-order valence-corrected chi connectivity index (χ4v) is 1.53. The molecular weight excluding hydrogens is 226 g/mol. The molecule has 1 aromatic carbocycles. The number of carbonyl (C=O) groups excluding carboxylic acids is 1. The van der Waals surface area contributed by atoms with Gasteiger partial charge < -0.3 is 4.84 Å². The first-order chi connectivity index (χ1) is 7.79. The summed E-state index contributed by atoms with van der Waals surface area (Å²) < 4.78 is 0. The second-order valence-corrected chi connectivity index (χ2v) is 3.75. The maximum absolute atomic E-state index is 11.7. The summed E-state index contributed by atoms with van der Waals surface area (Å²) >= 11 is 5.46. The van der Waals surface area contributed by atoms with Gasteiger partial charge in [-0.3, -0.25) is 0 Å². The lowest BCUT2D eigenvalue weighted by Crippen LogP contribution is -2.25. The van der Waals surface area contributed by atoms with Crippen LogP contribution in [0.1, 0.15) is 24.8 Å². The van der Waals surface area contributed by atoms with Crippen molar-refractivity contribution in [3.63, 3.8) is 0 Å². The Morgan fingerprint density at radius 3 is 2.69 bits per heavy atom. The van der Waals surface area contributed by atoms with Crippen molar-refractivity contribution in [3.05, 3.63) is 35.9 Å². The van der Waals surface area contributed by atoms with Crippen molar-refractivity contribution in [2.24, 2.45) is 0 Å². The number of hydroxylamine groups is 1. The fraction of sp³-hybridized carbons (Fsp3) is 0.417. The average molecular weight is 242 g/mol. The topological polar surface area (TPSA) is 38.3 Å². The van der Waals surface area contributed by atoms with Gasteiger partial charge in [-0.1, -0.05) is 37.3 Å². The third-order valence-corrected chi connectivity index (χ3v) is 2.45. The maximum atomic E-state index is 11.7. The predicted octanol–water partition coefficient (Wildman–Crippen LogP) is 2.47. The molecule has 3 nitrogen and oxygen atoms in total. The molecule has 0 saturated heterocycles. The number of benzene rings is 1. The van der Waals surface area contributed by atoms with E-state index in [1.807, 2.05) is 37.3 Å². The third kappa shape index (κ3) is 3.83. The van der Waals surface area contributed by atoms with Gasteiger partial charge in [0.25, 0.3) is 0 Å². The van der Waals surface area contributed by atoms with E-state index in [9.17, 15) is 4.79 Å². The molecule has 1 N–H and O–H groups in total. The standard InChI is InChI=1S/C12H16ClNO2/c1-2-11(10-6-4-3-5-7-10)12(15)16-14-9-8-13/h3-7,11,14H,2,8-9H2,1H3. The molecule has 0 aliphatic rings. The quantitative estimate of drug-likeness (QED) is 0.472. The van der Waals surface area contributed by atoms with Crippen LogP contribution in [0.2, 0.25) is 0 Å². The van der Waals surface area contributed by atoms with E-state index >= 15 is 0 Å². The molecule has 1 aromatic rings. The van der Waals surface area contributed by atoms with Gasteiger partial charge in [-0.15, -0.1) is 11.6 Å². The molecule has 0 fully saturated rings. The summed E-state index contributed by atoms with van der Waals surface area (Å²) in [5.74, 6) is -0.0714. The van der Waals surface area contributed by atoms with Crippen molar-refractivity contribution < 1.29 is 9.63 Å². The van der Waals surface area contributed by atoms with Crippen molar-refractivity contribution in [1.82, 2.24) is 5.48 Å². The van der Waals surface area contributed by atoms with Crippen molar-refractivity contribution in [2.75, 3.05) is 12.4 Å². The molecular formula is C12H16ClNO2. The van der Waals surface area contributed by atoms with Crippen LogP contribution in [0.4, 0.5) is 0 Å². The lowest BCUT2D eigenvalue weighted by Gasteiger charge is -2.13. The van der Waals surface area contributed by atoms with Gasteiger partial charge in [0.15, 0.2) is 0 Å². The van der Waals surface area contributed by atoms with Crippen LogP contribution in [-0.2, 0) is 9.63 Å². The first kappa shape index (κ1) is 13.0. The van der Waals surface area contributed by atoms with E-state index in [-0.39, 0.29) is 11.9 Å². The Hall–Kier alpha value is -1.06. The Kier molecular flexibility index (Phi) is 5.90. The minimum Gasteiger partial charge on any atom is -0.370 e. The minimum atomic E-state index is -0.265. The summed E-state index contributed by atoms with van der Waals surface area (Å²) in [6, 6.07) is 9.61. The summed E-state index contributed by atoms with van der Waals surface area (Å²) in [7, 11) is 0. The number of carbonyl (C=O) groups is 1. The second-order valence-electron chi connectivity index (χ2n) is 3.38. The Morgan fingerprint density at radius 2 is 2.12 bits per heavy atom. The van der Waals surface area contributed by atoms with Gasteiger partial charge in [-0.2, -0.15) is 5.48 Å². The third-order valence-electron chi connectivity index (χ3n) is 2.26. The van der Waals surface area contributed by atoms with E-state index in [1.54, 1.807) is 0 Å². The van der Waals surface area contributed by atoms with Crippen LogP contribution in [0.5, 0.6) is 0 Å². The lowest BCUT2D eigenvalue weighted by atomic mass is 9.97. The van der Waals surface area contributed by atoms with E-state index in [4.69, 9.17) is 16.4 Å². The second kappa shape index (κ2) is 7.25. The molecule has 0 aromatic heterocycles. The fourth-order valence-electron chi connectivity index (χ4n) is 1.46. The van der Waals surface area contributed by atoms with E-state index in [1.165, 1.54) is 0 Å². The number of hydrogen-bond acceptors (Lipinski definition) is 3. The van der Waals surface area contributed by atoms with Crippen molar-refractivity contribution in [2.45, 2.75) is 19.3 Å². The Labute approximate surface area is 101 Å². The largest absolute Gasteiger partial charge is 0.370 e. The van der Waals surface area contributed by atoms with Crippen LogP contribution in [0.3, 0.4) is 0 Å². The molecule has 0 amide bonds. The molecule has 1 unspecified atom stereocenters.